The predicted octanol–water partition coefficient (Wildman–Crippen LogP) is 3.82. The lowest BCUT2D eigenvalue weighted by Crippen LogP contribution is -2.39. The molecule has 4 nitrogen and oxygen atoms in total. The molecule has 1 aliphatic rings. The molecular formula is C21H32N4. The minimum atomic E-state index is 0.437. The number of nitrogens with zero attached hydrogens (tertiary/aromatic N) is 3. The third kappa shape index (κ3) is 4.71. The van der Waals surface area contributed by atoms with Crippen molar-refractivity contribution >= 4 is 0 Å². The maximum absolute atomic E-state index is 4.84. The van der Waals surface area contributed by atoms with E-state index in [1.807, 2.05) is 10.7 Å². The summed E-state index contributed by atoms with van der Waals surface area (Å²) in [7, 11) is 0. The van der Waals surface area contributed by atoms with E-state index in [9.17, 15) is 0 Å². The maximum atomic E-state index is 4.84. The number of piperidine rings is 1. The van der Waals surface area contributed by atoms with Crippen LogP contribution in [0.3, 0.4) is 0 Å². The lowest BCUT2D eigenvalue weighted by molar-refractivity contribution is 0.180. The van der Waals surface area contributed by atoms with Crippen molar-refractivity contribution in [2.24, 2.45) is 5.92 Å². The molecule has 0 saturated carbocycles. The molecule has 0 bridgehead atoms. The topological polar surface area (TPSA) is 33.1 Å². The van der Waals surface area contributed by atoms with E-state index >= 15 is 0 Å². The average molecular weight is 341 g/mol. The highest BCUT2D eigenvalue weighted by Crippen LogP contribution is 2.20. The van der Waals surface area contributed by atoms with E-state index in [1.165, 1.54) is 43.7 Å². The van der Waals surface area contributed by atoms with Crippen LogP contribution >= 0.6 is 0 Å². The monoisotopic (exact) mass is 340 g/mol. The van der Waals surface area contributed by atoms with E-state index in [4.69, 9.17) is 5.10 Å². The van der Waals surface area contributed by atoms with Gasteiger partial charge in [0.2, 0.25) is 0 Å². The Balaban J connectivity index is 1.62. The molecule has 1 atom stereocenters. The fraction of sp³-hybridized carbons (Fsp3) is 0.571. The minimum absolute atomic E-state index is 0.437. The van der Waals surface area contributed by atoms with Crippen molar-refractivity contribution in [1.82, 2.24) is 20.0 Å². The molecule has 0 unspecified atom stereocenters. The van der Waals surface area contributed by atoms with Crippen molar-refractivity contribution in [3.05, 3.63) is 47.8 Å². The van der Waals surface area contributed by atoms with Gasteiger partial charge in [0.25, 0.3) is 0 Å². The Hall–Kier alpha value is -1.65. The van der Waals surface area contributed by atoms with Gasteiger partial charge in [0.15, 0.2) is 0 Å². The highest BCUT2D eigenvalue weighted by atomic mass is 15.3. The molecule has 1 aliphatic heterocycles. The first kappa shape index (κ1) is 18.2. The second-order valence-electron chi connectivity index (χ2n) is 7.51. The van der Waals surface area contributed by atoms with Crippen molar-refractivity contribution < 1.29 is 0 Å². The first-order valence-corrected chi connectivity index (χ1v) is 9.74. The summed E-state index contributed by atoms with van der Waals surface area (Å²) in [5.74, 6) is 1.22. The number of benzene rings is 1. The summed E-state index contributed by atoms with van der Waals surface area (Å²) < 4.78 is 2.02. The third-order valence-corrected chi connectivity index (χ3v) is 5.19. The van der Waals surface area contributed by atoms with Gasteiger partial charge in [-0.1, -0.05) is 39.0 Å². The van der Waals surface area contributed by atoms with E-state index in [-0.39, 0.29) is 0 Å². The van der Waals surface area contributed by atoms with E-state index < -0.39 is 0 Å². The fourth-order valence-corrected chi connectivity index (χ4v) is 3.77. The minimum Gasteiger partial charge on any atom is -0.312 e. The average Bonchev–Trinajstić information content (AvgIpc) is 3.07. The summed E-state index contributed by atoms with van der Waals surface area (Å²) in [4.78, 5) is 2.57. The Bertz CT molecular complexity index is 647. The lowest BCUT2D eigenvalue weighted by Gasteiger charge is -2.31. The summed E-state index contributed by atoms with van der Waals surface area (Å²) in [5, 5.41) is 8.54. The molecule has 25 heavy (non-hydrogen) atoms. The second-order valence-corrected chi connectivity index (χ2v) is 7.51. The van der Waals surface area contributed by atoms with Gasteiger partial charge >= 0.3 is 0 Å². The van der Waals surface area contributed by atoms with Crippen LogP contribution in [-0.4, -0.2) is 40.9 Å². The van der Waals surface area contributed by atoms with E-state index in [0.29, 0.717) is 5.92 Å². The first-order valence-electron chi connectivity index (χ1n) is 9.74. The van der Waals surface area contributed by atoms with Crippen LogP contribution < -0.4 is 5.32 Å². The molecule has 136 valence electrons. The SMILES string of the molecule is CCN1CCC[C@@H](CNCc2cn(-c3ccccc3)nc2C(C)C)C1. The number of aromatic nitrogens is 2. The van der Waals surface area contributed by atoms with Crippen LogP contribution in [0.15, 0.2) is 36.5 Å². The number of hydrogen-bond donors (Lipinski definition) is 1. The molecular weight excluding hydrogens is 308 g/mol. The predicted molar refractivity (Wildman–Crippen MR) is 104 cm³/mol. The Kier molecular flexibility index (Phi) is 6.27. The van der Waals surface area contributed by atoms with Crippen LogP contribution in [0, 0.1) is 5.92 Å². The van der Waals surface area contributed by atoms with Crippen LogP contribution in [0.5, 0.6) is 0 Å². The molecule has 2 heterocycles. The molecule has 3 rings (SSSR count). The molecule has 1 N–H and O–H groups in total. The van der Waals surface area contributed by atoms with Gasteiger partial charge in [-0.2, -0.15) is 5.10 Å². The maximum Gasteiger partial charge on any atom is 0.0699 e. The van der Waals surface area contributed by atoms with Gasteiger partial charge in [-0.15, -0.1) is 0 Å². The second kappa shape index (κ2) is 8.63. The summed E-state index contributed by atoms with van der Waals surface area (Å²) in [6.07, 6.45) is 4.88. The molecule has 0 aliphatic carbocycles. The van der Waals surface area contributed by atoms with Crippen molar-refractivity contribution in [3.8, 4) is 5.69 Å². The molecule has 1 aromatic carbocycles. The third-order valence-electron chi connectivity index (χ3n) is 5.19. The Morgan fingerprint density at radius 2 is 2.04 bits per heavy atom. The van der Waals surface area contributed by atoms with Crippen LogP contribution in [0.2, 0.25) is 0 Å². The van der Waals surface area contributed by atoms with Gasteiger partial charge in [0.1, 0.15) is 0 Å². The van der Waals surface area contributed by atoms with Gasteiger partial charge in [0.05, 0.1) is 11.4 Å². The molecule has 0 amide bonds. The lowest BCUT2D eigenvalue weighted by atomic mass is 9.98. The number of para-hydroxylation sites is 1. The first-order chi connectivity index (χ1) is 12.2. The number of rotatable bonds is 7. The normalized spacial score (nSPS) is 18.8. The molecule has 0 spiro atoms. The van der Waals surface area contributed by atoms with Crippen LogP contribution in [0.4, 0.5) is 0 Å². The van der Waals surface area contributed by atoms with Crippen molar-refractivity contribution in [3.63, 3.8) is 0 Å². The van der Waals surface area contributed by atoms with Crippen molar-refractivity contribution in [1.29, 1.82) is 0 Å². The smallest absolute Gasteiger partial charge is 0.0699 e. The zero-order valence-electron chi connectivity index (χ0n) is 15.9. The van der Waals surface area contributed by atoms with E-state index in [1.54, 1.807) is 0 Å². The highest BCUT2D eigenvalue weighted by molar-refractivity contribution is 5.33. The zero-order valence-corrected chi connectivity index (χ0v) is 15.9. The summed E-state index contributed by atoms with van der Waals surface area (Å²) in [6.45, 7) is 12.4. The molecule has 0 radical (unpaired) electrons. The van der Waals surface area contributed by atoms with Gasteiger partial charge < -0.3 is 10.2 Å². The standard InChI is InChI=1S/C21H32N4/c1-4-24-12-8-9-18(15-24)13-22-14-19-16-25(23-21(19)17(2)3)20-10-6-5-7-11-20/h5-7,10-11,16-18,22H,4,8-9,12-15H2,1-3H3/t18-/m0/s1. The number of nitrogens with one attached hydrogen (secondary N) is 1. The Labute approximate surface area is 152 Å². The molecule has 2 aromatic rings. The van der Waals surface area contributed by atoms with Gasteiger partial charge in [-0.05, 0) is 56.4 Å². The summed E-state index contributed by atoms with van der Waals surface area (Å²) >= 11 is 0. The number of hydrogen-bond acceptors (Lipinski definition) is 3. The molecule has 1 saturated heterocycles. The quantitative estimate of drug-likeness (QED) is 0.832. The van der Waals surface area contributed by atoms with Gasteiger partial charge in [-0.3, -0.25) is 0 Å². The van der Waals surface area contributed by atoms with Crippen LogP contribution in [0.25, 0.3) is 5.69 Å². The Morgan fingerprint density at radius 3 is 2.76 bits per heavy atom. The molecule has 1 aromatic heterocycles. The van der Waals surface area contributed by atoms with Gasteiger partial charge in [0, 0.05) is 24.8 Å². The highest BCUT2D eigenvalue weighted by Gasteiger charge is 2.19. The summed E-state index contributed by atoms with van der Waals surface area (Å²) in [6, 6.07) is 10.4. The van der Waals surface area contributed by atoms with Gasteiger partial charge in [-0.25, -0.2) is 4.68 Å². The fourth-order valence-electron chi connectivity index (χ4n) is 3.77. The zero-order chi connectivity index (χ0) is 17.6. The molecule has 1 fully saturated rings. The van der Waals surface area contributed by atoms with E-state index in [0.717, 1.165) is 24.7 Å². The number of likely N-dealkylation sites (tertiary alicyclic amines) is 1. The largest absolute Gasteiger partial charge is 0.312 e. The van der Waals surface area contributed by atoms with Crippen molar-refractivity contribution in [2.45, 2.75) is 46.1 Å². The summed E-state index contributed by atoms with van der Waals surface area (Å²) in [5.41, 5.74) is 3.65. The van der Waals surface area contributed by atoms with Crippen LogP contribution in [-0.2, 0) is 6.54 Å². The van der Waals surface area contributed by atoms with E-state index in [2.05, 4.69) is 61.5 Å². The molecule has 4 heteroatoms. The van der Waals surface area contributed by atoms with Crippen LogP contribution in [0.1, 0.15) is 50.8 Å². The van der Waals surface area contributed by atoms with Crippen molar-refractivity contribution in [2.75, 3.05) is 26.2 Å². The Morgan fingerprint density at radius 1 is 1.24 bits per heavy atom.